The molecule has 0 aliphatic carbocycles. The number of carbonyl (C=O) groups is 1. The second-order valence-corrected chi connectivity index (χ2v) is 8.78. The van der Waals surface area contributed by atoms with Crippen molar-refractivity contribution >= 4 is 23.4 Å². The zero-order valence-corrected chi connectivity index (χ0v) is 17.8. The van der Waals surface area contributed by atoms with Gasteiger partial charge in [-0.1, -0.05) is 73.5 Å². The molecule has 2 aromatic rings. The van der Waals surface area contributed by atoms with E-state index in [-0.39, 0.29) is 11.3 Å². The minimum absolute atomic E-state index is 0.0165. The van der Waals surface area contributed by atoms with Gasteiger partial charge < -0.3 is 0 Å². The van der Waals surface area contributed by atoms with Gasteiger partial charge >= 0.3 is 0 Å². The van der Waals surface area contributed by atoms with Crippen molar-refractivity contribution in [3.8, 4) is 0 Å². The molecule has 0 fully saturated rings. The Morgan fingerprint density at radius 2 is 1.70 bits per heavy atom. The molecule has 27 heavy (non-hydrogen) atoms. The van der Waals surface area contributed by atoms with Crippen molar-refractivity contribution in [2.75, 3.05) is 5.75 Å². The van der Waals surface area contributed by atoms with Crippen LogP contribution in [0, 0.1) is 13.8 Å². The third-order valence-corrected chi connectivity index (χ3v) is 5.41. The Morgan fingerprint density at radius 1 is 1.07 bits per heavy atom. The Labute approximate surface area is 167 Å². The first kappa shape index (κ1) is 21.2. The van der Waals surface area contributed by atoms with Crippen molar-refractivity contribution in [1.29, 1.82) is 0 Å². The van der Waals surface area contributed by atoms with E-state index in [9.17, 15) is 4.79 Å². The van der Waals surface area contributed by atoms with Gasteiger partial charge in [0.25, 0.3) is 0 Å². The standard InChI is InChI=1S/C23H30N2OS/c1-17-11-18(2)13-20(12-17)15-27-16-22(26)25-24-19(3)14-23(4,5)21-9-7-6-8-10-21/h6-13H,14-16H2,1-5H3,(H,25,26)/b24-19-. The van der Waals surface area contributed by atoms with Crippen LogP contribution in [0.5, 0.6) is 0 Å². The summed E-state index contributed by atoms with van der Waals surface area (Å²) in [5, 5.41) is 4.29. The monoisotopic (exact) mass is 382 g/mol. The van der Waals surface area contributed by atoms with E-state index >= 15 is 0 Å². The van der Waals surface area contributed by atoms with E-state index in [1.165, 1.54) is 22.3 Å². The van der Waals surface area contributed by atoms with Gasteiger partial charge in [0.05, 0.1) is 5.75 Å². The van der Waals surface area contributed by atoms with Gasteiger partial charge in [0.2, 0.25) is 5.91 Å². The van der Waals surface area contributed by atoms with Crippen molar-refractivity contribution in [3.63, 3.8) is 0 Å². The summed E-state index contributed by atoms with van der Waals surface area (Å²) in [6, 6.07) is 16.9. The van der Waals surface area contributed by atoms with Crippen LogP contribution < -0.4 is 5.43 Å². The molecule has 0 unspecified atom stereocenters. The van der Waals surface area contributed by atoms with Gasteiger partial charge in [-0.2, -0.15) is 5.10 Å². The van der Waals surface area contributed by atoms with Crippen LogP contribution in [0.4, 0.5) is 0 Å². The molecule has 0 saturated carbocycles. The Balaban J connectivity index is 1.79. The zero-order chi connectivity index (χ0) is 19.9. The van der Waals surface area contributed by atoms with Crippen molar-refractivity contribution in [1.82, 2.24) is 5.43 Å². The summed E-state index contributed by atoms with van der Waals surface area (Å²) in [6.45, 7) is 10.6. The van der Waals surface area contributed by atoms with Gasteiger partial charge in [-0.15, -0.1) is 11.8 Å². The van der Waals surface area contributed by atoms with Gasteiger partial charge in [0.1, 0.15) is 0 Å². The van der Waals surface area contributed by atoms with E-state index < -0.39 is 0 Å². The van der Waals surface area contributed by atoms with Crippen LogP contribution in [0.1, 0.15) is 49.4 Å². The van der Waals surface area contributed by atoms with E-state index in [4.69, 9.17) is 0 Å². The molecular weight excluding hydrogens is 352 g/mol. The van der Waals surface area contributed by atoms with Crippen LogP contribution in [0.15, 0.2) is 53.6 Å². The maximum absolute atomic E-state index is 12.1. The summed E-state index contributed by atoms with van der Waals surface area (Å²) >= 11 is 1.61. The number of nitrogens with one attached hydrogen (secondary N) is 1. The highest BCUT2D eigenvalue weighted by Crippen LogP contribution is 2.27. The van der Waals surface area contributed by atoms with Crippen LogP contribution in [0.25, 0.3) is 0 Å². The number of thioether (sulfide) groups is 1. The Morgan fingerprint density at radius 3 is 2.33 bits per heavy atom. The maximum atomic E-state index is 12.1. The molecule has 2 aromatic carbocycles. The average Bonchev–Trinajstić information content (AvgIpc) is 2.59. The molecular formula is C23H30N2OS. The highest BCUT2D eigenvalue weighted by Gasteiger charge is 2.21. The second kappa shape index (κ2) is 9.75. The minimum Gasteiger partial charge on any atom is -0.272 e. The fraction of sp³-hybridized carbons (Fsp3) is 0.391. The highest BCUT2D eigenvalue weighted by molar-refractivity contribution is 7.99. The smallest absolute Gasteiger partial charge is 0.250 e. The number of nitrogens with zero attached hydrogens (tertiary/aromatic N) is 1. The van der Waals surface area contributed by atoms with Crippen LogP contribution in [0.3, 0.4) is 0 Å². The largest absolute Gasteiger partial charge is 0.272 e. The first-order valence-electron chi connectivity index (χ1n) is 9.29. The molecule has 0 radical (unpaired) electrons. The van der Waals surface area contributed by atoms with Crippen LogP contribution in [-0.4, -0.2) is 17.4 Å². The molecule has 0 atom stereocenters. The lowest BCUT2D eigenvalue weighted by Gasteiger charge is -2.25. The molecule has 0 saturated heterocycles. The summed E-state index contributed by atoms with van der Waals surface area (Å²) in [5.74, 6) is 1.19. The molecule has 0 bridgehead atoms. The molecule has 4 heteroatoms. The van der Waals surface area contributed by atoms with E-state index in [0.29, 0.717) is 5.75 Å². The summed E-state index contributed by atoms with van der Waals surface area (Å²) in [7, 11) is 0. The van der Waals surface area contributed by atoms with E-state index in [0.717, 1.165) is 17.9 Å². The van der Waals surface area contributed by atoms with Gasteiger partial charge in [0, 0.05) is 11.5 Å². The molecule has 0 spiro atoms. The van der Waals surface area contributed by atoms with Gasteiger partial charge in [0.15, 0.2) is 0 Å². The summed E-state index contributed by atoms with van der Waals surface area (Å²) < 4.78 is 0. The molecule has 0 aliphatic heterocycles. The number of hydrogen-bond acceptors (Lipinski definition) is 3. The predicted octanol–water partition coefficient (Wildman–Crippen LogP) is 5.40. The highest BCUT2D eigenvalue weighted by atomic mass is 32.2. The molecule has 2 rings (SSSR count). The lowest BCUT2D eigenvalue weighted by atomic mass is 9.80. The van der Waals surface area contributed by atoms with Crippen LogP contribution >= 0.6 is 11.8 Å². The number of benzene rings is 2. The van der Waals surface area contributed by atoms with Crippen molar-refractivity contribution in [3.05, 3.63) is 70.8 Å². The fourth-order valence-electron chi connectivity index (χ4n) is 3.27. The van der Waals surface area contributed by atoms with Crippen molar-refractivity contribution in [2.45, 2.75) is 52.2 Å². The number of hydrazone groups is 1. The number of carbonyl (C=O) groups excluding carboxylic acids is 1. The lowest BCUT2D eigenvalue weighted by Crippen LogP contribution is -2.25. The minimum atomic E-state index is -0.0544. The Bertz CT molecular complexity index is 777. The number of amides is 1. The van der Waals surface area contributed by atoms with Crippen molar-refractivity contribution < 1.29 is 4.79 Å². The second-order valence-electron chi connectivity index (χ2n) is 7.80. The summed E-state index contributed by atoms with van der Waals surface area (Å²) in [6.07, 6.45) is 0.799. The van der Waals surface area contributed by atoms with Crippen LogP contribution in [-0.2, 0) is 16.0 Å². The molecule has 1 N–H and O–H groups in total. The lowest BCUT2D eigenvalue weighted by molar-refractivity contribution is -0.118. The summed E-state index contributed by atoms with van der Waals surface area (Å²) in [5.41, 5.74) is 8.66. The topological polar surface area (TPSA) is 41.5 Å². The first-order valence-corrected chi connectivity index (χ1v) is 10.4. The van der Waals surface area contributed by atoms with Crippen molar-refractivity contribution in [2.24, 2.45) is 5.10 Å². The van der Waals surface area contributed by atoms with Gasteiger partial charge in [-0.3, -0.25) is 4.79 Å². The molecule has 1 amide bonds. The number of rotatable bonds is 8. The molecule has 0 aliphatic rings. The quantitative estimate of drug-likeness (QED) is 0.491. The Kier molecular flexibility index (Phi) is 7.66. The maximum Gasteiger partial charge on any atom is 0.250 e. The normalized spacial score (nSPS) is 12.1. The predicted molar refractivity (Wildman–Crippen MR) is 117 cm³/mol. The molecule has 3 nitrogen and oxygen atoms in total. The third kappa shape index (κ3) is 7.22. The van der Waals surface area contributed by atoms with E-state index in [1.807, 2.05) is 13.0 Å². The SMILES string of the molecule is C/C(CC(C)(C)c1ccccc1)=N/NC(=O)CSCc1cc(C)cc(C)c1. The first-order chi connectivity index (χ1) is 12.8. The van der Waals surface area contributed by atoms with E-state index in [1.54, 1.807) is 11.8 Å². The number of hydrogen-bond donors (Lipinski definition) is 1. The van der Waals surface area contributed by atoms with Crippen LogP contribution in [0.2, 0.25) is 0 Å². The van der Waals surface area contributed by atoms with E-state index in [2.05, 4.69) is 80.7 Å². The van der Waals surface area contributed by atoms with Gasteiger partial charge in [-0.25, -0.2) is 5.43 Å². The molecule has 0 aromatic heterocycles. The Hall–Kier alpha value is -2.07. The fourth-order valence-corrected chi connectivity index (χ4v) is 4.03. The average molecular weight is 383 g/mol. The zero-order valence-electron chi connectivity index (χ0n) is 17.0. The molecule has 0 heterocycles. The third-order valence-electron chi connectivity index (χ3n) is 4.41. The summed E-state index contributed by atoms with van der Waals surface area (Å²) in [4.78, 5) is 12.1. The van der Waals surface area contributed by atoms with Gasteiger partial charge in [-0.05, 0) is 43.7 Å². The number of aryl methyl sites for hydroxylation is 2. The molecule has 144 valence electrons.